The zero-order valence-corrected chi connectivity index (χ0v) is 22.0. The maximum atomic E-state index is 2.41. The van der Waals surface area contributed by atoms with E-state index in [1.54, 1.807) is 13.1 Å². The Kier molecular flexibility index (Phi) is 7.23. The quantitative estimate of drug-likeness (QED) is 0.470. The van der Waals surface area contributed by atoms with Crippen LogP contribution in [0.2, 0.25) is 0 Å². The molecular formula is C22H24Br2SiZr. The fourth-order valence-corrected chi connectivity index (χ4v) is 25.4. The Morgan fingerprint density at radius 3 is 1.31 bits per heavy atom. The normalized spacial score (nSPS) is 15.7. The summed E-state index contributed by atoms with van der Waals surface area (Å²) >= 11 is -3.75. The third-order valence-corrected chi connectivity index (χ3v) is 32.7. The Morgan fingerprint density at radius 1 is 0.615 bits per heavy atom. The third kappa shape index (κ3) is 3.13. The van der Waals surface area contributed by atoms with E-state index in [9.17, 15) is 0 Å². The van der Waals surface area contributed by atoms with Crippen molar-refractivity contribution >= 4 is 47.4 Å². The van der Waals surface area contributed by atoms with Gasteiger partial charge >= 0.3 is 147 Å². The van der Waals surface area contributed by atoms with Crippen molar-refractivity contribution in [3.05, 3.63) is 104 Å². The van der Waals surface area contributed by atoms with Crippen LogP contribution in [0.5, 0.6) is 0 Å². The number of benzene rings is 2. The minimum absolute atomic E-state index is 0. The zero-order valence-electron chi connectivity index (χ0n) is 14.7. The van der Waals surface area contributed by atoms with Gasteiger partial charge in [-0.1, -0.05) is 0 Å². The summed E-state index contributed by atoms with van der Waals surface area (Å²) in [5.74, 6) is 0. The van der Waals surface area contributed by atoms with Crippen LogP contribution in [-0.4, -0.2) is 6.88 Å². The van der Waals surface area contributed by atoms with E-state index in [1.165, 1.54) is 0 Å². The van der Waals surface area contributed by atoms with E-state index in [2.05, 4.69) is 104 Å². The van der Waals surface area contributed by atoms with Crippen molar-refractivity contribution in [2.75, 3.05) is 0 Å². The summed E-state index contributed by atoms with van der Waals surface area (Å²) in [7, 11) is 0. The average molecular weight is 568 g/mol. The monoisotopic (exact) mass is 564 g/mol. The van der Waals surface area contributed by atoms with E-state index < -0.39 is 17.4 Å². The first-order chi connectivity index (χ1) is 11.7. The standard InChI is InChI=1S/2C6H5.2C5H5.2BrH.H2Si.Zr/c2*1-2-4-6-5-3-1;2*1-2-4-5-3-1;;;;/h2*1-5H;2*1-3H,4H2;2*1H;1H2;. The Hall–Kier alpha value is -0.540. The Morgan fingerprint density at radius 2 is 1.00 bits per heavy atom. The molecule has 2 aromatic rings. The first-order valence-electron chi connectivity index (χ1n) is 8.61. The van der Waals surface area contributed by atoms with Gasteiger partial charge in [-0.15, -0.1) is 34.0 Å². The van der Waals surface area contributed by atoms with Crippen LogP contribution in [0.1, 0.15) is 12.8 Å². The molecule has 134 valence electrons. The molecule has 0 bridgehead atoms. The summed E-state index contributed by atoms with van der Waals surface area (Å²) in [4.78, 5) is 0. The second kappa shape index (κ2) is 8.65. The van der Waals surface area contributed by atoms with Gasteiger partial charge in [0.25, 0.3) is 0 Å². The van der Waals surface area contributed by atoms with Crippen LogP contribution in [0, 0.1) is 0 Å². The molecule has 2 aliphatic carbocycles. The van der Waals surface area contributed by atoms with Crippen LogP contribution in [-0.2, 0) is 17.4 Å². The van der Waals surface area contributed by atoms with Gasteiger partial charge in [-0.05, 0) is 0 Å². The summed E-state index contributed by atoms with van der Waals surface area (Å²) in [5.41, 5.74) is 0. The average Bonchev–Trinajstić information content (AvgIpc) is 3.37. The number of halogens is 2. The fourth-order valence-electron chi connectivity index (χ4n) is 4.44. The van der Waals surface area contributed by atoms with Crippen molar-refractivity contribution in [2.45, 2.75) is 12.8 Å². The predicted molar refractivity (Wildman–Crippen MR) is 125 cm³/mol. The third-order valence-electron chi connectivity index (χ3n) is 5.78. The molecule has 2 aliphatic rings. The second-order valence-electron chi connectivity index (χ2n) is 6.84. The molecule has 4 rings (SSSR count). The minimum atomic E-state index is -3.75. The van der Waals surface area contributed by atoms with Gasteiger partial charge in [-0.3, -0.25) is 0 Å². The summed E-state index contributed by atoms with van der Waals surface area (Å²) < 4.78 is 6.46. The van der Waals surface area contributed by atoms with Crippen LogP contribution >= 0.6 is 34.0 Å². The molecule has 0 heterocycles. The van der Waals surface area contributed by atoms with Crippen molar-refractivity contribution in [3.63, 3.8) is 0 Å². The van der Waals surface area contributed by atoms with E-state index in [-0.39, 0.29) is 34.0 Å². The van der Waals surface area contributed by atoms with E-state index in [0.717, 1.165) is 12.8 Å². The number of rotatable bonds is 4. The topological polar surface area (TPSA) is 0 Å². The summed E-state index contributed by atoms with van der Waals surface area (Å²) in [6.07, 6.45) is 16.2. The maximum absolute atomic E-state index is 3.75. The van der Waals surface area contributed by atoms with Crippen molar-refractivity contribution in [2.24, 2.45) is 0 Å². The van der Waals surface area contributed by atoms with Crippen molar-refractivity contribution in [1.82, 2.24) is 0 Å². The van der Waals surface area contributed by atoms with Gasteiger partial charge < -0.3 is 0 Å². The zero-order chi connectivity index (χ0) is 16.5. The number of hydrogen-bond donors (Lipinski definition) is 0. The first kappa shape index (κ1) is 21.8. The van der Waals surface area contributed by atoms with Gasteiger partial charge in [0.15, 0.2) is 0 Å². The number of allylic oxidation sites excluding steroid dienone is 8. The molecule has 0 radical (unpaired) electrons. The van der Waals surface area contributed by atoms with Gasteiger partial charge in [0.1, 0.15) is 0 Å². The van der Waals surface area contributed by atoms with Gasteiger partial charge in [0, 0.05) is 0 Å². The Balaban J connectivity index is 0.00000121. The Bertz CT molecular complexity index is 875. The molecule has 4 heteroatoms. The van der Waals surface area contributed by atoms with Crippen LogP contribution in [0.25, 0.3) is 0 Å². The van der Waals surface area contributed by atoms with Crippen LogP contribution in [0.3, 0.4) is 0 Å². The van der Waals surface area contributed by atoms with Crippen LogP contribution in [0.4, 0.5) is 0 Å². The molecule has 0 aliphatic heterocycles. The molecule has 26 heavy (non-hydrogen) atoms. The van der Waals surface area contributed by atoms with Crippen LogP contribution < -0.4 is 6.54 Å². The Labute approximate surface area is 179 Å². The summed E-state index contributed by atoms with van der Waals surface area (Å²) in [5, 5.41) is 0. The molecule has 0 nitrogen and oxygen atoms in total. The van der Waals surface area contributed by atoms with Crippen molar-refractivity contribution in [1.29, 1.82) is 0 Å². The molecular weight excluding hydrogens is 543 g/mol. The predicted octanol–water partition coefficient (Wildman–Crippen LogP) is 4.72. The van der Waals surface area contributed by atoms with E-state index in [0.29, 0.717) is 0 Å². The van der Waals surface area contributed by atoms with E-state index in [4.69, 9.17) is 0 Å². The fraction of sp³-hybridized carbons (Fsp3) is 0.0909. The van der Waals surface area contributed by atoms with E-state index in [1.807, 2.05) is 0 Å². The molecule has 0 N–H and O–H groups in total. The molecule has 0 amide bonds. The molecule has 0 saturated heterocycles. The van der Waals surface area contributed by atoms with Gasteiger partial charge in [0.05, 0.1) is 0 Å². The van der Waals surface area contributed by atoms with Crippen molar-refractivity contribution in [3.8, 4) is 0 Å². The molecule has 0 saturated carbocycles. The van der Waals surface area contributed by atoms with Gasteiger partial charge in [0.2, 0.25) is 0 Å². The summed E-state index contributed by atoms with van der Waals surface area (Å²) in [6, 6.07) is 22.6. The van der Waals surface area contributed by atoms with Crippen LogP contribution in [0.15, 0.2) is 104 Å². The summed E-state index contributed by atoms with van der Waals surface area (Å²) in [6.45, 7) is 2.34. The molecule has 0 spiro atoms. The first-order valence-corrected chi connectivity index (χ1v) is 19.4. The van der Waals surface area contributed by atoms with Gasteiger partial charge in [-0.25, -0.2) is 0 Å². The van der Waals surface area contributed by atoms with Crippen molar-refractivity contribution < 1.29 is 17.4 Å². The molecule has 0 unspecified atom stereocenters. The number of hydrogen-bond acceptors (Lipinski definition) is 0. The second-order valence-corrected chi connectivity index (χ2v) is 28.4. The van der Waals surface area contributed by atoms with E-state index >= 15 is 0 Å². The molecule has 0 aromatic heterocycles. The molecule has 2 aromatic carbocycles. The molecule has 0 atom stereocenters. The SMILES string of the molecule is Br.Br.[SiH2]=[Zr]([C]1=CC=CC1)([C]1=CC=CC1)([c]1ccccc1)[c]1ccccc1. The van der Waals surface area contributed by atoms with Gasteiger partial charge in [-0.2, -0.15) is 0 Å². The molecule has 0 fully saturated rings.